The normalized spacial score (nSPS) is 12.5. The Morgan fingerprint density at radius 1 is 1.03 bits per heavy atom. The molecule has 2 rings (SSSR count). The van der Waals surface area contributed by atoms with Crippen LogP contribution in [0.3, 0.4) is 0 Å². The molecule has 0 saturated heterocycles. The Kier molecular flexibility index (Phi) is 9.06. The molecule has 0 unspecified atom stereocenters. The van der Waals surface area contributed by atoms with E-state index >= 15 is 0 Å². The van der Waals surface area contributed by atoms with Gasteiger partial charge in [0.1, 0.15) is 25.2 Å². The van der Waals surface area contributed by atoms with Gasteiger partial charge in [0, 0.05) is 5.56 Å². The van der Waals surface area contributed by atoms with Crippen molar-refractivity contribution in [1.82, 2.24) is 9.97 Å². The van der Waals surface area contributed by atoms with Crippen LogP contribution in [0.15, 0.2) is 18.2 Å². The van der Waals surface area contributed by atoms with E-state index in [9.17, 15) is 19.5 Å². The number of carbonyl (C=O) groups is 3. The number of hydrogen-bond acceptors (Lipinski definition) is 6. The number of aromatic nitrogens is 2. The molecule has 1 aromatic heterocycles. The van der Waals surface area contributed by atoms with Gasteiger partial charge in [-0.25, -0.2) is 14.6 Å². The number of esters is 1. The molecule has 0 bridgehead atoms. The van der Waals surface area contributed by atoms with Crippen molar-refractivity contribution >= 4 is 28.9 Å². The minimum Gasteiger partial charge on any atom is -0.480 e. The van der Waals surface area contributed by atoms with Crippen LogP contribution in [0, 0.1) is 5.41 Å². The third-order valence-electron chi connectivity index (χ3n) is 6.19. The number of aliphatic carboxylic acids is 1. The number of aromatic amines is 1. The monoisotopic (exact) mass is 490 g/mol. The van der Waals surface area contributed by atoms with E-state index in [-0.39, 0.29) is 23.3 Å². The maximum atomic E-state index is 13.3. The second-order valence-corrected chi connectivity index (χ2v) is 10.0. The number of nitrogens with zero attached hydrogens (tertiary/aromatic N) is 2. The number of H-pyrrole nitrogens is 1. The summed E-state index contributed by atoms with van der Waals surface area (Å²) in [5, 5.41) is 9.85. The van der Waals surface area contributed by atoms with Gasteiger partial charge in [-0.2, -0.15) is 0 Å². The first-order valence-corrected chi connectivity index (χ1v) is 12.4. The van der Waals surface area contributed by atoms with Crippen LogP contribution in [-0.2, 0) is 25.7 Å². The smallest absolute Gasteiger partial charge is 0.383 e. The molecule has 0 aliphatic rings. The maximum Gasteiger partial charge on any atom is 0.383 e. The molecule has 9 heteroatoms. The molecule has 194 valence electrons. The molecule has 0 aliphatic heterocycles. The number of nitrogens with one attached hydrogen (secondary N) is 1. The Hall–Kier alpha value is -2.94. The average Bonchev–Trinajstić information content (AvgIpc) is 3.20. The van der Waals surface area contributed by atoms with Crippen molar-refractivity contribution in [3.63, 3.8) is 0 Å². The number of para-hydroxylation sites is 1. The molecule has 2 N–H and O–H groups in total. The summed E-state index contributed by atoms with van der Waals surface area (Å²) < 4.78 is 5.40. The molecule has 0 amide bonds. The first-order valence-electron chi connectivity index (χ1n) is 12.4. The van der Waals surface area contributed by atoms with Gasteiger partial charge >= 0.3 is 17.9 Å². The Labute approximate surface area is 207 Å². The minimum atomic E-state index is -1.59. The number of hydrogen-bond donors (Lipinski definition) is 2. The highest BCUT2D eigenvalue weighted by molar-refractivity contribution is 5.98. The molecule has 0 atom stereocenters. The summed E-state index contributed by atoms with van der Waals surface area (Å²) in [6, 6.07) is 5.56. The SMILES string of the molecule is CCC[N+](CCC)(Cc1cccc2[nH]c(C(=O)OC(C)(C)C)nc12)OC(=O)C(CC)(CC)C(=O)O. The van der Waals surface area contributed by atoms with Crippen LogP contribution in [0.1, 0.15) is 90.3 Å². The van der Waals surface area contributed by atoms with Crippen LogP contribution in [0.2, 0.25) is 0 Å². The second kappa shape index (κ2) is 11.2. The van der Waals surface area contributed by atoms with E-state index in [1.54, 1.807) is 34.6 Å². The zero-order valence-electron chi connectivity index (χ0n) is 22.1. The van der Waals surface area contributed by atoms with Crippen molar-refractivity contribution in [2.75, 3.05) is 13.1 Å². The summed E-state index contributed by atoms with van der Waals surface area (Å²) in [6.07, 6.45) is 1.74. The first-order chi connectivity index (χ1) is 16.4. The Balaban J connectivity index is 2.50. The Morgan fingerprint density at radius 2 is 1.63 bits per heavy atom. The summed E-state index contributed by atoms with van der Waals surface area (Å²) in [6.45, 7) is 14.1. The van der Waals surface area contributed by atoms with E-state index in [2.05, 4.69) is 9.97 Å². The van der Waals surface area contributed by atoms with Crippen molar-refractivity contribution in [2.45, 2.75) is 86.3 Å². The van der Waals surface area contributed by atoms with Gasteiger partial charge in [-0.05, 0) is 52.5 Å². The topological polar surface area (TPSA) is 119 Å². The maximum absolute atomic E-state index is 13.3. The molecular formula is C26H40N3O6+. The minimum absolute atomic E-state index is 0.0470. The van der Waals surface area contributed by atoms with Gasteiger partial charge < -0.3 is 14.8 Å². The lowest BCUT2D eigenvalue weighted by atomic mass is 9.82. The lowest BCUT2D eigenvalue weighted by Crippen LogP contribution is -2.53. The molecule has 0 fully saturated rings. The quantitative estimate of drug-likeness (QED) is 0.186. The summed E-state index contributed by atoms with van der Waals surface area (Å²) >= 11 is 0. The van der Waals surface area contributed by atoms with E-state index in [4.69, 9.17) is 9.57 Å². The standard InChI is InChI=1S/C26H39N3O6/c1-8-15-29(16-9-2,35-24(33)26(10-3,11-4)23(31)32)17-18-13-12-14-19-20(18)28-21(27-19)22(30)34-25(5,6)7/h12-14H,8-11,15-17H2,1-7H3,(H-,27,28,30,31,32)/p+1. The van der Waals surface area contributed by atoms with Crippen molar-refractivity contribution in [1.29, 1.82) is 0 Å². The van der Waals surface area contributed by atoms with Gasteiger partial charge in [-0.15, -0.1) is 4.65 Å². The first kappa shape index (κ1) is 28.3. The summed E-state index contributed by atoms with van der Waals surface area (Å²) in [4.78, 5) is 51.6. The second-order valence-electron chi connectivity index (χ2n) is 10.0. The van der Waals surface area contributed by atoms with E-state index in [0.29, 0.717) is 30.7 Å². The van der Waals surface area contributed by atoms with Crippen LogP contribution in [0.5, 0.6) is 0 Å². The molecule has 0 radical (unpaired) electrons. The number of hydroxylamine groups is 3. The number of rotatable bonds is 12. The van der Waals surface area contributed by atoms with Gasteiger partial charge in [0.05, 0.1) is 11.0 Å². The molecule has 0 spiro atoms. The molecule has 35 heavy (non-hydrogen) atoms. The van der Waals surface area contributed by atoms with Gasteiger partial charge in [-0.1, -0.05) is 39.8 Å². The van der Waals surface area contributed by atoms with E-state index < -0.39 is 28.9 Å². The van der Waals surface area contributed by atoms with Crippen LogP contribution < -0.4 is 0 Å². The fourth-order valence-electron chi connectivity index (χ4n) is 4.35. The van der Waals surface area contributed by atoms with E-state index in [0.717, 1.165) is 18.4 Å². The van der Waals surface area contributed by atoms with Gasteiger partial charge in [0.2, 0.25) is 5.82 Å². The molecule has 0 aliphatic carbocycles. The highest BCUT2D eigenvalue weighted by Gasteiger charge is 2.49. The summed E-state index contributed by atoms with van der Waals surface area (Å²) in [5.41, 5.74) is -0.196. The third kappa shape index (κ3) is 6.39. The number of carboxylic acids is 1. The van der Waals surface area contributed by atoms with Crippen LogP contribution in [0.4, 0.5) is 0 Å². The van der Waals surface area contributed by atoms with Gasteiger partial charge in [-0.3, -0.25) is 9.63 Å². The number of benzene rings is 1. The van der Waals surface area contributed by atoms with Crippen molar-refractivity contribution < 1.29 is 33.7 Å². The van der Waals surface area contributed by atoms with Crippen LogP contribution in [0.25, 0.3) is 11.0 Å². The van der Waals surface area contributed by atoms with Crippen LogP contribution >= 0.6 is 0 Å². The molecular weight excluding hydrogens is 450 g/mol. The molecule has 9 nitrogen and oxygen atoms in total. The predicted molar refractivity (Wildman–Crippen MR) is 132 cm³/mol. The Morgan fingerprint density at radius 3 is 2.11 bits per heavy atom. The van der Waals surface area contributed by atoms with Gasteiger partial charge in [0.25, 0.3) is 0 Å². The van der Waals surface area contributed by atoms with Crippen LogP contribution in [-0.4, -0.2) is 56.3 Å². The van der Waals surface area contributed by atoms with Gasteiger partial charge in [0.15, 0.2) is 5.41 Å². The van der Waals surface area contributed by atoms with Crippen molar-refractivity contribution in [3.8, 4) is 0 Å². The van der Waals surface area contributed by atoms with E-state index in [1.807, 2.05) is 32.0 Å². The van der Waals surface area contributed by atoms with Crippen molar-refractivity contribution in [3.05, 3.63) is 29.6 Å². The van der Waals surface area contributed by atoms with E-state index in [1.165, 1.54) is 0 Å². The molecule has 1 aromatic carbocycles. The zero-order valence-corrected chi connectivity index (χ0v) is 22.1. The van der Waals surface area contributed by atoms with Crippen molar-refractivity contribution in [2.24, 2.45) is 5.41 Å². The summed E-state index contributed by atoms with van der Waals surface area (Å²) in [5.74, 6) is -2.34. The third-order valence-corrected chi connectivity index (χ3v) is 6.19. The fraction of sp³-hybridized carbons (Fsp3) is 0.615. The fourth-order valence-corrected chi connectivity index (χ4v) is 4.35. The Bertz CT molecular complexity index is 1040. The molecule has 0 saturated carbocycles. The molecule has 2 aromatic rings. The molecule has 1 heterocycles. The zero-order chi connectivity index (χ0) is 26.4. The lowest BCUT2D eigenvalue weighted by Gasteiger charge is -2.37. The largest absolute Gasteiger partial charge is 0.480 e. The number of fused-ring (bicyclic) bond motifs is 1. The number of ether oxygens (including phenoxy) is 1. The lowest BCUT2D eigenvalue weighted by molar-refractivity contribution is -1.10. The summed E-state index contributed by atoms with van der Waals surface area (Å²) in [7, 11) is 0. The number of carboxylic acid groups (broad SMARTS) is 1. The highest BCUT2D eigenvalue weighted by atomic mass is 16.7. The average molecular weight is 491 g/mol. The number of imidazole rings is 1. The number of quaternary nitrogens is 1. The highest BCUT2D eigenvalue weighted by Crippen LogP contribution is 2.32. The number of carbonyl (C=O) groups excluding carboxylic acids is 2. The predicted octanol–water partition coefficient (Wildman–Crippen LogP) is 5.00.